The lowest BCUT2D eigenvalue weighted by atomic mass is 10.1. The Labute approximate surface area is 185 Å². The molecule has 1 aliphatic carbocycles. The third-order valence-electron chi connectivity index (χ3n) is 4.97. The molecule has 8 nitrogen and oxygen atoms in total. The normalized spacial score (nSPS) is 15.1. The summed E-state index contributed by atoms with van der Waals surface area (Å²) in [5.41, 5.74) is 0.374. The maximum Gasteiger partial charge on any atom is 0.324 e. The molecule has 1 aromatic rings. The van der Waals surface area contributed by atoms with E-state index >= 15 is 0 Å². The zero-order valence-electron chi connectivity index (χ0n) is 18.5. The number of nitrogens with one attached hydrogen (secondary N) is 2. The van der Waals surface area contributed by atoms with Crippen LogP contribution in [0.2, 0.25) is 0 Å². The monoisotopic (exact) mass is 451 g/mol. The van der Waals surface area contributed by atoms with Crippen LogP contribution in [0.1, 0.15) is 45.6 Å². The predicted octanol–water partition coefficient (Wildman–Crippen LogP) is 2.76. The lowest BCUT2D eigenvalue weighted by molar-refractivity contribution is -0.108. The van der Waals surface area contributed by atoms with Gasteiger partial charge in [0.05, 0.1) is 17.9 Å². The fourth-order valence-electron chi connectivity index (χ4n) is 3.11. The molecule has 172 valence electrons. The van der Waals surface area contributed by atoms with E-state index in [1.54, 1.807) is 19.1 Å². The highest BCUT2D eigenvalue weighted by Gasteiger charge is 2.47. The van der Waals surface area contributed by atoms with Gasteiger partial charge >= 0.3 is 6.03 Å². The molecule has 0 radical (unpaired) electrons. The molecule has 0 saturated heterocycles. The zero-order chi connectivity index (χ0) is 22.9. The molecule has 1 saturated carbocycles. The Morgan fingerprint density at radius 3 is 2.65 bits per heavy atom. The number of benzene rings is 1. The van der Waals surface area contributed by atoms with Gasteiger partial charge in [-0.2, -0.15) is 0 Å². The van der Waals surface area contributed by atoms with Gasteiger partial charge in [0.1, 0.15) is 5.75 Å². The average Bonchev–Trinajstić information content (AvgIpc) is 3.49. The summed E-state index contributed by atoms with van der Waals surface area (Å²) < 4.78 is 33.9. The number of rotatable bonds is 13. The number of nitrogens with zero attached hydrogens (tertiary/aromatic N) is 1. The second kappa shape index (κ2) is 11.3. The number of urea groups is 1. The summed E-state index contributed by atoms with van der Waals surface area (Å²) in [6.07, 6.45) is 5.64. The first kappa shape index (κ1) is 24.9. The first-order valence-corrected chi connectivity index (χ1v) is 12.3. The number of amides is 3. The highest BCUT2D eigenvalue weighted by Crippen LogP contribution is 2.46. The number of allylic oxidation sites excluding steroid dienone is 1. The molecule has 0 atom stereocenters. The van der Waals surface area contributed by atoms with Crippen molar-refractivity contribution in [3.63, 3.8) is 0 Å². The van der Waals surface area contributed by atoms with Crippen LogP contribution in [0.3, 0.4) is 0 Å². The van der Waals surface area contributed by atoms with E-state index in [1.165, 1.54) is 4.90 Å². The van der Waals surface area contributed by atoms with Gasteiger partial charge in [0.25, 0.3) is 0 Å². The highest BCUT2D eigenvalue weighted by atomic mass is 32.2. The highest BCUT2D eigenvalue weighted by molar-refractivity contribution is 7.89. The zero-order valence-corrected chi connectivity index (χ0v) is 19.3. The summed E-state index contributed by atoms with van der Waals surface area (Å²) in [4.78, 5) is 23.4. The lowest BCUT2D eigenvalue weighted by Crippen LogP contribution is -2.39. The summed E-state index contributed by atoms with van der Waals surface area (Å²) in [5, 5.41) is 2.08. The predicted molar refractivity (Wildman–Crippen MR) is 120 cm³/mol. The van der Waals surface area contributed by atoms with Crippen molar-refractivity contribution in [2.24, 2.45) is 5.92 Å². The molecule has 9 heteroatoms. The molecule has 0 bridgehead atoms. The van der Waals surface area contributed by atoms with Crippen LogP contribution in [0.25, 0.3) is 0 Å². The van der Waals surface area contributed by atoms with E-state index in [0.717, 1.165) is 24.2 Å². The van der Waals surface area contributed by atoms with Crippen LogP contribution >= 0.6 is 0 Å². The van der Waals surface area contributed by atoms with Gasteiger partial charge in [-0.1, -0.05) is 38.1 Å². The molecule has 31 heavy (non-hydrogen) atoms. The Morgan fingerprint density at radius 2 is 2.03 bits per heavy atom. The Bertz CT molecular complexity index is 879. The third kappa shape index (κ3) is 7.99. The van der Waals surface area contributed by atoms with Crippen LogP contribution in [-0.2, 0) is 20.4 Å². The van der Waals surface area contributed by atoms with Crippen molar-refractivity contribution in [3.05, 3.63) is 42.0 Å². The van der Waals surface area contributed by atoms with E-state index in [2.05, 4.69) is 23.9 Å². The summed E-state index contributed by atoms with van der Waals surface area (Å²) in [6, 6.07) is 7.15. The minimum Gasteiger partial charge on any atom is -0.493 e. The lowest BCUT2D eigenvalue weighted by Gasteiger charge is -2.19. The smallest absolute Gasteiger partial charge is 0.324 e. The molecule has 0 spiro atoms. The number of likely N-dealkylation sites (N-methyl/N-ethyl adjacent to an activating group) is 1. The van der Waals surface area contributed by atoms with E-state index in [0.29, 0.717) is 38.4 Å². The van der Waals surface area contributed by atoms with E-state index in [4.69, 9.17) is 4.74 Å². The van der Waals surface area contributed by atoms with Crippen LogP contribution in [0.5, 0.6) is 5.75 Å². The number of sulfonamides is 1. The first-order valence-electron chi connectivity index (χ1n) is 10.6. The summed E-state index contributed by atoms with van der Waals surface area (Å²) in [5.74, 6) is 1.12. The van der Waals surface area contributed by atoms with E-state index < -0.39 is 21.6 Å². The number of carbonyl (C=O) groups excluding carboxylic acids is 2. The molecule has 1 aliphatic rings. The molecule has 2 rings (SSSR count). The fourth-order valence-corrected chi connectivity index (χ4v) is 4.58. The summed E-state index contributed by atoms with van der Waals surface area (Å²) in [7, 11) is -3.48. The molecule has 0 unspecified atom stereocenters. The molecule has 1 aromatic carbocycles. The Kier molecular flexibility index (Phi) is 9.06. The van der Waals surface area contributed by atoms with Crippen molar-refractivity contribution in [1.29, 1.82) is 0 Å². The molecule has 0 aliphatic heterocycles. The second-order valence-corrected chi connectivity index (χ2v) is 9.94. The van der Waals surface area contributed by atoms with Crippen LogP contribution in [0.15, 0.2) is 36.4 Å². The van der Waals surface area contributed by atoms with Gasteiger partial charge in [0.15, 0.2) is 0 Å². The van der Waals surface area contributed by atoms with Crippen molar-refractivity contribution in [2.45, 2.75) is 45.6 Å². The van der Waals surface area contributed by atoms with Crippen LogP contribution < -0.4 is 14.8 Å². The standard InChI is InChI=1S/C22H33N3O5S/c1-4-25(21(27)23-17-26)13-6-5-7-14-31(28,29)24-22(11-12-22)19-9-8-10-20(15-19)30-16-18(2)3/h5-6,8-10,15,17-18,24H,4,7,11-14,16H2,1-3H3,(H,23,26,27)/b6-5+. The molecule has 0 aromatic heterocycles. The number of carbonyl (C=O) groups is 2. The molecule has 2 N–H and O–H groups in total. The van der Waals surface area contributed by atoms with E-state index in [1.807, 2.05) is 24.3 Å². The van der Waals surface area contributed by atoms with Gasteiger partial charge in [0.2, 0.25) is 16.4 Å². The largest absolute Gasteiger partial charge is 0.493 e. The van der Waals surface area contributed by atoms with Crippen LogP contribution in [0.4, 0.5) is 4.79 Å². The SMILES string of the molecule is CCN(C/C=C/CCS(=O)(=O)NC1(c2cccc(OCC(C)C)c2)CC1)C(=O)NC=O. The van der Waals surface area contributed by atoms with Crippen LogP contribution in [-0.4, -0.2) is 51.2 Å². The summed E-state index contributed by atoms with van der Waals surface area (Å²) in [6.45, 7) is 7.30. The van der Waals surface area contributed by atoms with Crippen molar-refractivity contribution in [1.82, 2.24) is 14.9 Å². The quantitative estimate of drug-likeness (QED) is 0.354. The Hall–Kier alpha value is -2.39. The van der Waals surface area contributed by atoms with Gasteiger partial charge < -0.3 is 9.64 Å². The minimum absolute atomic E-state index is 0.0402. The number of hydrogen-bond donors (Lipinski definition) is 2. The number of ether oxygens (including phenoxy) is 1. The first-order chi connectivity index (χ1) is 14.7. The number of hydrogen-bond acceptors (Lipinski definition) is 5. The van der Waals surface area contributed by atoms with Gasteiger partial charge in [-0.3, -0.25) is 10.1 Å². The van der Waals surface area contributed by atoms with Gasteiger partial charge in [-0.15, -0.1) is 0 Å². The van der Waals surface area contributed by atoms with Crippen molar-refractivity contribution < 1.29 is 22.7 Å². The summed E-state index contributed by atoms with van der Waals surface area (Å²) >= 11 is 0. The van der Waals surface area contributed by atoms with E-state index in [-0.39, 0.29) is 5.75 Å². The second-order valence-electron chi connectivity index (χ2n) is 8.10. The molecule has 1 fully saturated rings. The number of imide groups is 1. The van der Waals surface area contributed by atoms with Gasteiger partial charge in [0, 0.05) is 13.1 Å². The molecular formula is C22H33N3O5S. The molecule has 0 heterocycles. The third-order valence-corrected chi connectivity index (χ3v) is 6.44. The average molecular weight is 452 g/mol. The van der Waals surface area contributed by atoms with Crippen molar-refractivity contribution in [2.75, 3.05) is 25.4 Å². The van der Waals surface area contributed by atoms with Crippen molar-refractivity contribution in [3.8, 4) is 5.75 Å². The van der Waals surface area contributed by atoms with E-state index in [9.17, 15) is 18.0 Å². The molecule has 3 amide bonds. The Balaban J connectivity index is 1.89. The topological polar surface area (TPSA) is 105 Å². The maximum absolute atomic E-state index is 12.6. The van der Waals surface area contributed by atoms with Gasteiger partial charge in [-0.25, -0.2) is 17.9 Å². The fraction of sp³-hybridized carbons (Fsp3) is 0.545. The minimum atomic E-state index is -3.48. The molecular weight excluding hydrogens is 418 g/mol. The van der Waals surface area contributed by atoms with Crippen LogP contribution in [0, 0.1) is 5.92 Å². The maximum atomic E-state index is 12.6. The van der Waals surface area contributed by atoms with Crippen molar-refractivity contribution >= 4 is 22.5 Å². The van der Waals surface area contributed by atoms with Gasteiger partial charge in [-0.05, 0) is 49.8 Å². The Morgan fingerprint density at radius 1 is 1.29 bits per heavy atom.